The summed E-state index contributed by atoms with van der Waals surface area (Å²) in [6.07, 6.45) is 4.06. The van der Waals surface area contributed by atoms with Crippen LogP contribution in [0.25, 0.3) is 17.1 Å². The second-order valence-corrected chi connectivity index (χ2v) is 9.25. The molecule has 2 aliphatic carbocycles. The summed E-state index contributed by atoms with van der Waals surface area (Å²) in [7, 11) is 0. The number of carbonyl (C=O) groups is 1. The summed E-state index contributed by atoms with van der Waals surface area (Å²) >= 11 is 5.95. The van der Waals surface area contributed by atoms with E-state index in [0.717, 1.165) is 48.2 Å². The number of aromatic nitrogens is 4. The van der Waals surface area contributed by atoms with Crippen molar-refractivity contribution in [3.05, 3.63) is 82.0 Å². The fraction of sp³-hybridized carbons (Fsp3) is 0.280. The van der Waals surface area contributed by atoms with Crippen molar-refractivity contribution in [1.29, 1.82) is 0 Å². The highest BCUT2D eigenvalue weighted by molar-refractivity contribution is 6.30. The standard InChI is InChI=1S/C25H20ClF2N5O2/c26-15-6-4-14(5-7-15)24-30-29-22(35-24)13-32(16-8-9-16)25(34)23-18-2-1-3-21(18)33(31-23)17-10-11-19(27)20(28)12-17/h4-7,10-12,16H,1-3,8-9,13H2. The molecule has 0 atom stereocenters. The van der Waals surface area contributed by atoms with Crippen LogP contribution in [0.3, 0.4) is 0 Å². The normalized spacial score (nSPS) is 14.8. The van der Waals surface area contributed by atoms with Crippen LogP contribution < -0.4 is 0 Å². The zero-order valence-corrected chi connectivity index (χ0v) is 19.3. The first-order valence-electron chi connectivity index (χ1n) is 11.4. The minimum Gasteiger partial charge on any atom is -0.419 e. The molecule has 2 aliphatic rings. The molecular formula is C25H20ClF2N5O2. The first-order chi connectivity index (χ1) is 17.0. The average molecular weight is 496 g/mol. The Kier molecular flexibility index (Phi) is 5.36. The van der Waals surface area contributed by atoms with Gasteiger partial charge in [-0.05, 0) is 68.5 Å². The molecule has 7 nitrogen and oxygen atoms in total. The minimum absolute atomic E-state index is 0.0684. The van der Waals surface area contributed by atoms with Crippen molar-refractivity contribution < 1.29 is 18.0 Å². The predicted molar refractivity (Wildman–Crippen MR) is 123 cm³/mol. The second kappa shape index (κ2) is 8.57. The first kappa shape index (κ1) is 21.9. The lowest BCUT2D eigenvalue weighted by atomic mass is 10.1. The van der Waals surface area contributed by atoms with Crippen molar-refractivity contribution in [2.75, 3.05) is 0 Å². The predicted octanol–water partition coefficient (Wildman–Crippen LogP) is 5.15. The molecule has 1 fully saturated rings. The van der Waals surface area contributed by atoms with Crippen molar-refractivity contribution in [2.45, 2.75) is 44.7 Å². The molecule has 2 heterocycles. The Labute approximate surface area is 204 Å². The third-order valence-electron chi connectivity index (χ3n) is 6.39. The Hall–Kier alpha value is -3.59. The van der Waals surface area contributed by atoms with E-state index in [1.165, 1.54) is 6.07 Å². The van der Waals surface area contributed by atoms with Gasteiger partial charge in [-0.3, -0.25) is 4.79 Å². The van der Waals surface area contributed by atoms with Gasteiger partial charge in [-0.1, -0.05) is 11.6 Å². The number of halogens is 3. The molecule has 0 bridgehead atoms. The van der Waals surface area contributed by atoms with Crippen LogP contribution in [0.4, 0.5) is 8.78 Å². The summed E-state index contributed by atoms with van der Waals surface area (Å²) in [5.74, 6) is -1.43. The smallest absolute Gasteiger partial charge is 0.275 e. The van der Waals surface area contributed by atoms with E-state index in [9.17, 15) is 13.6 Å². The third-order valence-corrected chi connectivity index (χ3v) is 6.64. The van der Waals surface area contributed by atoms with Crippen LogP contribution in [-0.4, -0.2) is 36.8 Å². The Morgan fingerprint density at radius 3 is 2.63 bits per heavy atom. The molecule has 1 amide bonds. The van der Waals surface area contributed by atoms with E-state index in [1.54, 1.807) is 33.8 Å². The lowest BCUT2D eigenvalue weighted by molar-refractivity contribution is 0.0707. The van der Waals surface area contributed by atoms with Crippen LogP contribution in [0.15, 0.2) is 46.9 Å². The highest BCUT2D eigenvalue weighted by atomic mass is 35.5. The lowest BCUT2D eigenvalue weighted by Gasteiger charge is -2.20. The number of nitrogens with zero attached hydrogens (tertiary/aromatic N) is 5. The summed E-state index contributed by atoms with van der Waals surface area (Å²) in [4.78, 5) is 15.4. The van der Waals surface area contributed by atoms with Gasteiger partial charge in [0, 0.05) is 34.0 Å². The van der Waals surface area contributed by atoms with Gasteiger partial charge in [0.2, 0.25) is 11.8 Å². The maximum Gasteiger partial charge on any atom is 0.275 e. The van der Waals surface area contributed by atoms with E-state index in [4.69, 9.17) is 16.0 Å². The van der Waals surface area contributed by atoms with E-state index in [1.807, 2.05) is 0 Å². The van der Waals surface area contributed by atoms with E-state index < -0.39 is 11.6 Å². The van der Waals surface area contributed by atoms with Crippen molar-refractivity contribution in [3.63, 3.8) is 0 Å². The zero-order valence-electron chi connectivity index (χ0n) is 18.5. The second-order valence-electron chi connectivity index (χ2n) is 8.81. The van der Waals surface area contributed by atoms with Gasteiger partial charge in [0.15, 0.2) is 17.3 Å². The lowest BCUT2D eigenvalue weighted by Crippen LogP contribution is -2.33. The monoisotopic (exact) mass is 495 g/mol. The number of rotatable bonds is 6. The van der Waals surface area contributed by atoms with Crippen LogP contribution in [0, 0.1) is 11.6 Å². The Morgan fingerprint density at radius 2 is 1.89 bits per heavy atom. The van der Waals surface area contributed by atoms with Crippen molar-refractivity contribution in [2.24, 2.45) is 0 Å². The summed E-state index contributed by atoms with van der Waals surface area (Å²) < 4.78 is 34.8. The molecule has 0 spiro atoms. The third kappa shape index (κ3) is 4.10. The first-order valence-corrected chi connectivity index (χ1v) is 11.8. The van der Waals surface area contributed by atoms with Crippen LogP contribution >= 0.6 is 11.6 Å². The molecular weight excluding hydrogens is 476 g/mol. The largest absolute Gasteiger partial charge is 0.419 e. The van der Waals surface area contributed by atoms with Crippen molar-refractivity contribution in [1.82, 2.24) is 24.9 Å². The van der Waals surface area contributed by atoms with Gasteiger partial charge >= 0.3 is 0 Å². The van der Waals surface area contributed by atoms with E-state index in [0.29, 0.717) is 41.0 Å². The van der Waals surface area contributed by atoms with Crippen LogP contribution in [0.2, 0.25) is 5.02 Å². The van der Waals surface area contributed by atoms with Crippen LogP contribution in [0.5, 0.6) is 0 Å². The topological polar surface area (TPSA) is 77.1 Å². The maximum atomic E-state index is 13.9. The molecule has 4 aromatic rings. The quantitative estimate of drug-likeness (QED) is 0.370. The molecule has 1 saturated carbocycles. The Balaban J connectivity index is 1.30. The van der Waals surface area contributed by atoms with Gasteiger partial charge in [0.25, 0.3) is 5.91 Å². The number of amides is 1. The summed E-state index contributed by atoms with van der Waals surface area (Å²) in [5, 5.41) is 13.4. The number of fused-ring (bicyclic) bond motifs is 1. The van der Waals surface area contributed by atoms with Crippen LogP contribution in [-0.2, 0) is 19.4 Å². The molecule has 2 aromatic heterocycles. The van der Waals surface area contributed by atoms with Crippen molar-refractivity contribution >= 4 is 17.5 Å². The molecule has 0 saturated heterocycles. The molecule has 0 radical (unpaired) electrons. The molecule has 178 valence electrons. The number of carbonyl (C=O) groups excluding carboxylic acids is 1. The van der Waals surface area contributed by atoms with E-state index in [-0.39, 0.29) is 18.5 Å². The van der Waals surface area contributed by atoms with Gasteiger partial charge in [0.1, 0.15) is 0 Å². The Bertz CT molecular complexity index is 1430. The SMILES string of the molecule is O=C(c1nn(-c2ccc(F)c(F)c2)c2c1CCC2)N(Cc1nnc(-c2ccc(Cl)cc2)o1)C1CC1. The fourth-order valence-corrected chi connectivity index (χ4v) is 4.63. The minimum atomic E-state index is -0.954. The van der Waals surface area contributed by atoms with Gasteiger partial charge in [-0.15, -0.1) is 10.2 Å². The highest BCUT2D eigenvalue weighted by Gasteiger charge is 2.38. The molecule has 2 aromatic carbocycles. The maximum absolute atomic E-state index is 13.9. The molecule has 0 unspecified atom stereocenters. The molecule has 6 rings (SSSR count). The van der Waals surface area contributed by atoms with Crippen molar-refractivity contribution in [3.8, 4) is 17.1 Å². The highest BCUT2D eigenvalue weighted by Crippen LogP contribution is 2.34. The summed E-state index contributed by atoms with van der Waals surface area (Å²) in [6, 6.07) is 10.8. The van der Waals surface area contributed by atoms with E-state index in [2.05, 4.69) is 15.3 Å². The Morgan fingerprint density at radius 1 is 1.09 bits per heavy atom. The number of benzene rings is 2. The number of hydrogen-bond acceptors (Lipinski definition) is 5. The van der Waals surface area contributed by atoms with E-state index >= 15 is 0 Å². The van der Waals surface area contributed by atoms with Gasteiger partial charge in [0.05, 0.1) is 12.2 Å². The molecule has 35 heavy (non-hydrogen) atoms. The van der Waals surface area contributed by atoms with Crippen LogP contribution in [0.1, 0.15) is 46.9 Å². The van der Waals surface area contributed by atoms with Gasteiger partial charge in [-0.2, -0.15) is 5.10 Å². The average Bonchev–Trinajstić information content (AvgIpc) is 3.24. The van der Waals surface area contributed by atoms with Gasteiger partial charge in [-0.25, -0.2) is 13.5 Å². The molecule has 0 aliphatic heterocycles. The summed E-state index contributed by atoms with van der Waals surface area (Å²) in [6.45, 7) is 0.164. The summed E-state index contributed by atoms with van der Waals surface area (Å²) in [5.41, 5.74) is 3.19. The fourth-order valence-electron chi connectivity index (χ4n) is 4.50. The molecule has 0 N–H and O–H groups in total. The zero-order chi connectivity index (χ0) is 24.1. The number of hydrogen-bond donors (Lipinski definition) is 0. The van der Waals surface area contributed by atoms with Gasteiger partial charge < -0.3 is 9.32 Å². The molecule has 10 heteroatoms.